The van der Waals surface area contributed by atoms with Crippen LogP contribution in [-0.2, 0) is 22.7 Å². The van der Waals surface area contributed by atoms with Gasteiger partial charge in [-0.25, -0.2) is 17.8 Å². The van der Waals surface area contributed by atoms with E-state index in [1.807, 2.05) is 13.0 Å². The zero-order valence-corrected chi connectivity index (χ0v) is 21.5. The van der Waals surface area contributed by atoms with Gasteiger partial charge in [-0.15, -0.1) is 0 Å². The molecule has 1 aliphatic carbocycles. The quantitative estimate of drug-likeness (QED) is 0.586. The number of hydrogen-bond acceptors (Lipinski definition) is 5. The number of aromatic nitrogens is 2. The number of sulfone groups is 1. The number of imidazole rings is 1. The van der Waals surface area contributed by atoms with Crippen LogP contribution in [0.4, 0.5) is 4.39 Å². The average molecular weight is 494 g/mol. The highest BCUT2D eigenvalue weighted by Crippen LogP contribution is 2.31. The van der Waals surface area contributed by atoms with Crippen molar-refractivity contribution in [2.24, 2.45) is 5.92 Å². The van der Waals surface area contributed by atoms with Crippen molar-refractivity contribution in [2.45, 2.75) is 77.1 Å². The molecule has 9 heteroatoms. The van der Waals surface area contributed by atoms with Crippen LogP contribution in [0, 0.1) is 18.7 Å². The van der Waals surface area contributed by atoms with Gasteiger partial charge in [0.1, 0.15) is 27.2 Å². The van der Waals surface area contributed by atoms with E-state index in [1.165, 1.54) is 12.3 Å². The Morgan fingerprint density at radius 1 is 1.32 bits per heavy atom. The second-order valence-electron chi connectivity index (χ2n) is 9.97. The van der Waals surface area contributed by atoms with Crippen molar-refractivity contribution in [1.29, 1.82) is 0 Å². The van der Waals surface area contributed by atoms with E-state index < -0.39 is 26.6 Å². The van der Waals surface area contributed by atoms with E-state index in [1.54, 1.807) is 17.6 Å². The monoisotopic (exact) mass is 493 g/mol. The molecule has 7 nitrogen and oxygen atoms in total. The van der Waals surface area contributed by atoms with Gasteiger partial charge < -0.3 is 10.4 Å². The van der Waals surface area contributed by atoms with Gasteiger partial charge in [-0.2, -0.15) is 0 Å². The molecule has 3 rings (SSSR count). The third kappa shape index (κ3) is 5.86. The van der Waals surface area contributed by atoms with Crippen molar-refractivity contribution in [3.05, 3.63) is 46.8 Å². The molecule has 1 aromatic carbocycles. The molecular formula is C25H36FN3O4S. The van der Waals surface area contributed by atoms with E-state index in [0.717, 1.165) is 12.0 Å². The molecule has 1 aromatic heterocycles. The van der Waals surface area contributed by atoms with Crippen LogP contribution in [0.15, 0.2) is 18.2 Å². The van der Waals surface area contributed by atoms with Crippen molar-refractivity contribution in [3.63, 3.8) is 0 Å². The van der Waals surface area contributed by atoms with Gasteiger partial charge in [0.2, 0.25) is 0 Å². The predicted octanol–water partition coefficient (Wildman–Crippen LogP) is 3.53. The van der Waals surface area contributed by atoms with Crippen LogP contribution in [-0.4, -0.2) is 52.6 Å². The largest absolute Gasteiger partial charge is 0.388 e. The molecule has 188 valence electrons. The molecule has 2 aromatic rings. The molecule has 0 aliphatic heterocycles. The minimum absolute atomic E-state index is 0.00827. The van der Waals surface area contributed by atoms with Crippen LogP contribution in [0.5, 0.6) is 0 Å². The molecule has 1 aliphatic rings. The summed E-state index contributed by atoms with van der Waals surface area (Å²) in [6.45, 7) is 7.80. The summed E-state index contributed by atoms with van der Waals surface area (Å²) in [5, 5.41) is 13.2. The van der Waals surface area contributed by atoms with Crippen molar-refractivity contribution in [3.8, 4) is 5.69 Å². The first kappa shape index (κ1) is 26.3. The van der Waals surface area contributed by atoms with Crippen LogP contribution in [0.3, 0.4) is 0 Å². The Hall–Kier alpha value is -2.26. The molecule has 0 radical (unpaired) electrons. The molecular weight excluding hydrogens is 457 g/mol. The van der Waals surface area contributed by atoms with Gasteiger partial charge in [-0.05, 0) is 62.6 Å². The smallest absolute Gasteiger partial charge is 0.271 e. The Morgan fingerprint density at radius 2 is 1.97 bits per heavy atom. The maximum Gasteiger partial charge on any atom is 0.271 e. The molecule has 34 heavy (non-hydrogen) atoms. The van der Waals surface area contributed by atoms with Crippen LogP contribution >= 0.6 is 0 Å². The standard InChI is InChI=1S/C25H36FN3O4S/c1-6-22-28-23(17(4)29(22)21-8-7-18(13-16(2)3)14-20(21)26)24(30)27-15-25(31)11-9-19(10-12-25)34(5,32)33/h7-8,14,16,19,31H,6,9-13,15H2,1-5H3,(H,27,30). The fourth-order valence-corrected chi connectivity index (χ4v) is 5.82. The molecule has 0 saturated heterocycles. The number of amides is 1. The van der Waals surface area contributed by atoms with E-state index in [-0.39, 0.29) is 18.1 Å². The highest BCUT2D eigenvalue weighted by atomic mass is 32.2. The molecule has 1 saturated carbocycles. The van der Waals surface area contributed by atoms with Gasteiger partial charge in [-0.1, -0.05) is 26.8 Å². The first-order valence-corrected chi connectivity index (χ1v) is 13.9. The number of aliphatic hydroxyl groups is 1. The van der Waals surface area contributed by atoms with Gasteiger partial charge in [-0.3, -0.25) is 9.36 Å². The van der Waals surface area contributed by atoms with Gasteiger partial charge in [0.15, 0.2) is 0 Å². The van der Waals surface area contributed by atoms with E-state index in [2.05, 4.69) is 24.1 Å². The fraction of sp³-hybridized carbons (Fsp3) is 0.600. The van der Waals surface area contributed by atoms with Crippen LogP contribution in [0.25, 0.3) is 5.69 Å². The Kier molecular flexibility index (Phi) is 7.87. The van der Waals surface area contributed by atoms with E-state index >= 15 is 4.39 Å². The lowest BCUT2D eigenvalue weighted by molar-refractivity contribution is 0.00606. The fourth-order valence-electron chi connectivity index (χ4n) is 4.72. The second-order valence-corrected chi connectivity index (χ2v) is 12.3. The van der Waals surface area contributed by atoms with Gasteiger partial charge in [0.05, 0.1) is 22.2 Å². The Labute approximate surface area is 201 Å². The van der Waals surface area contributed by atoms with Crippen molar-refractivity contribution < 1.29 is 22.7 Å². The highest BCUT2D eigenvalue weighted by molar-refractivity contribution is 7.91. The zero-order valence-electron chi connectivity index (χ0n) is 20.7. The minimum Gasteiger partial charge on any atom is -0.388 e. The van der Waals surface area contributed by atoms with E-state index in [0.29, 0.717) is 55.2 Å². The summed E-state index contributed by atoms with van der Waals surface area (Å²) in [7, 11) is -3.14. The zero-order chi connectivity index (χ0) is 25.3. The summed E-state index contributed by atoms with van der Waals surface area (Å²) in [6.07, 6.45) is 3.84. The molecule has 1 amide bonds. The normalized spacial score (nSPS) is 21.1. The summed E-state index contributed by atoms with van der Waals surface area (Å²) in [4.78, 5) is 17.4. The van der Waals surface area contributed by atoms with E-state index in [4.69, 9.17) is 0 Å². The molecule has 0 atom stereocenters. The SMILES string of the molecule is CCc1nc(C(=O)NCC2(O)CCC(S(C)(=O)=O)CC2)c(C)n1-c1ccc(CC(C)C)cc1F. The molecule has 0 bridgehead atoms. The number of halogens is 1. The number of carbonyl (C=O) groups is 1. The lowest BCUT2D eigenvalue weighted by Crippen LogP contribution is -2.47. The maximum atomic E-state index is 15.0. The molecule has 1 fully saturated rings. The number of hydrogen-bond donors (Lipinski definition) is 2. The first-order valence-electron chi connectivity index (χ1n) is 11.9. The third-order valence-electron chi connectivity index (χ3n) is 6.65. The topological polar surface area (TPSA) is 101 Å². The van der Waals surface area contributed by atoms with Crippen LogP contribution in [0.1, 0.15) is 74.0 Å². The van der Waals surface area contributed by atoms with Gasteiger partial charge in [0, 0.05) is 19.2 Å². The summed E-state index contributed by atoms with van der Waals surface area (Å²) >= 11 is 0. The van der Waals surface area contributed by atoms with Crippen LogP contribution < -0.4 is 5.32 Å². The lowest BCUT2D eigenvalue weighted by atomic mass is 9.84. The van der Waals surface area contributed by atoms with E-state index in [9.17, 15) is 18.3 Å². The molecule has 0 spiro atoms. The lowest BCUT2D eigenvalue weighted by Gasteiger charge is -2.35. The van der Waals surface area contributed by atoms with Gasteiger partial charge in [0.25, 0.3) is 5.91 Å². The Morgan fingerprint density at radius 3 is 2.50 bits per heavy atom. The van der Waals surface area contributed by atoms with Crippen LogP contribution in [0.2, 0.25) is 0 Å². The summed E-state index contributed by atoms with van der Waals surface area (Å²) in [5.74, 6) is 0.183. The van der Waals surface area contributed by atoms with Gasteiger partial charge >= 0.3 is 0 Å². The minimum atomic E-state index is -3.14. The Bertz CT molecular complexity index is 1150. The summed E-state index contributed by atoms with van der Waals surface area (Å²) in [6, 6.07) is 5.17. The van der Waals surface area contributed by atoms with Crippen molar-refractivity contribution in [1.82, 2.24) is 14.9 Å². The third-order valence-corrected chi connectivity index (χ3v) is 8.33. The number of nitrogens with zero attached hydrogens (tertiary/aromatic N) is 2. The molecule has 2 N–H and O–H groups in total. The predicted molar refractivity (Wildman–Crippen MR) is 131 cm³/mol. The number of aryl methyl sites for hydroxylation is 1. The number of carbonyl (C=O) groups excluding carboxylic acids is 1. The van der Waals surface area contributed by atoms with Crippen molar-refractivity contribution in [2.75, 3.05) is 12.8 Å². The maximum absolute atomic E-state index is 15.0. The Balaban J connectivity index is 1.77. The average Bonchev–Trinajstić information content (AvgIpc) is 3.08. The molecule has 0 unspecified atom stereocenters. The first-order chi connectivity index (χ1) is 15.8. The number of rotatable bonds is 8. The summed E-state index contributed by atoms with van der Waals surface area (Å²) in [5.41, 5.74) is 0.836. The number of nitrogens with one attached hydrogen (secondary N) is 1. The molecule has 1 heterocycles. The van der Waals surface area contributed by atoms with Crippen molar-refractivity contribution >= 4 is 15.7 Å². The number of benzene rings is 1. The second kappa shape index (κ2) is 10.2. The highest BCUT2D eigenvalue weighted by Gasteiger charge is 2.37. The summed E-state index contributed by atoms with van der Waals surface area (Å²) < 4.78 is 40.2.